The molecule has 0 bridgehead atoms. The average Bonchev–Trinajstić information content (AvgIpc) is 2.27. The fourth-order valence-corrected chi connectivity index (χ4v) is 2.20. The zero-order valence-corrected chi connectivity index (χ0v) is 11.3. The number of rotatable bonds is 7. The lowest BCUT2D eigenvalue weighted by Gasteiger charge is -2.29. The highest BCUT2D eigenvalue weighted by Gasteiger charge is 2.19. The molecule has 1 rings (SSSR count). The Kier molecular flexibility index (Phi) is 5.59. The zero-order chi connectivity index (χ0) is 12.7. The molecule has 2 N–H and O–H groups in total. The van der Waals surface area contributed by atoms with Crippen LogP contribution in [0.1, 0.15) is 32.4 Å². The van der Waals surface area contributed by atoms with E-state index in [0.29, 0.717) is 0 Å². The van der Waals surface area contributed by atoms with Crippen LogP contribution in [0.4, 0.5) is 0 Å². The molecule has 0 amide bonds. The molecule has 0 fully saturated rings. The second kappa shape index (κ2) is 6.72. The second-order valence-corrected chi connectivity index (χ2v) is 5.21. The molecule has 1 aromatic heterocycles. The fraction of sp³-hybridized carbons (Fsp3) is 0.643. The van der Waals surface area contributed by atoms with Crippen LogP contribution in [0.2, 0.25) is 0 Å². The van der Waals surface area contributed by atoms with Gasteiger partial charge in [0.25, 0.3) is 0 Å². The quantitative estimate of drug-likeness (QED) is 0.786. The van der Waals surface area contributed by atoms with Gasteiger partial charge in [-0.25, -0.2) is 0 Å². The van der Waals surface area contributed by atoms with Gasteiger partial charge in [-0.1, -0.05) is 19.4 Å². The highest BCUT2D eigenvalue weighted by atomic mass is 15.1. The van der Waals surface area contributed by atoms with E-state index in [0.717, 1.165) is 38.0 Å². The number of nitrogens with two attached hydrogens (primary N) is 1. The molecule has 0 aliphatic carbocycles. The Morgan fingerprint density at radius 1 is 1.41 bits per heavy atom. The van der Waals surface area contributed by atoms with Crippen molar-refractivity contribution >= 4 is 0 Å². The van der Waals surface area contributed by atoms with Crippen molar-refractivity contribution in [2.75, 3.05) is 20.1 Å². The maximum atomic E-state index is 6.24. The molecule has 0 aliphatic heterocycles. The molecule has 0 aromatic carbocycles. The summed E-state index contributed by atoms with van der Waals surface area (Å²) in [7, 11) is 2.13. The van der Waals surface area contributed by atoms with Crippen LogP contribution in [0, 0.1) is 0 Å². The lowest BCUT2D eigenvalue weighted by Crippen LogP contribution is -2.47. The molecule has 0 spiro atoms. The van der Waals surface area contributed by atoms with Gasteiger partial charge in [0.2, 0.25) is 0 Å². The largest absolute Gasteiger partial charge is 0.324 e. The monoisotopic (exact) mass is 235 g/mol. The average molecular weight is 235 g/mol. The van der Waals surface area contributed by atoms with E-state index in [1.54, 1.807) is 0 Å². The number of hydrogen-bond donors (Lipinski definition) is 1. The van der Waals surface area contributed by atoms with Gasteiger partial charge in [0.15, 0.2) is 0 Å². The van der Waals surface area contributed by atoms with Crippen molar-refractivity contribution in [2.24, 2.45) is 5.73 Å². The van der Waals surface area contributed by atoms with Crippen LogP contribution in [0.5, 0.6) is 0 Å². The molecule has 3 nitrogen and oxygen atoms in total. The number of pyridine rings is 1. The second-order valence-electron chi connectivity index (χ2n) is 5.21. The molecule has 0 aliphatic rings. The normalized spacial score (nSPS) is 14.9. The Morgan fingerprint density at radius 3 is 2.76 bits per heavy atom. The van der Waals surface area contributed by atoms with E-state index < -0.39 is 0 Å². The number of likely N-dealkylation sites (N-methyl/N-ethyl adjacent to an activating group) is 1. The summed E-state index contributed by atoms with van der Waals surface area (Å²) in [5.41, 5.74) is 7.31. The maximum Gasteiger partial charge on any atom is 0.0416 e. The Morgan fingerprint density at radius 2 is 2.18 bits per heavy atom. The first-order chi connectivity index (χ1) is 8.03. The van der Waals surface area contributed by atoms with Crippen LogP contribution in [0.3, 0.4) is 0 Å². The van der Waals surface area contributed by atoms with Crippen molar-refractivity contribution in [3.05, 3.63) is 30.1 Å². The molecule has 0 saturated carbocycles. The van der Waals surface area contributed by atoms with Gasteiger partial charge in [-0.15, -0.1) is 0 Å². The fourth-order valence-electron chi connectivity index (χ4n) is 2.20. The SMILES string of the molecule is CCCC(C)(N)CN(C)CCc1ccccn1. The highest BCUT2D eigenvalue weighted by Crippen LogP contribution is 2.10. The number of nitrogens with zero attached hydrogens (tertiary/aromatic N) is 2. The smallest absolute Gasteiger partial charge is 0.0416 e. The topological polar surface area (TPSA) is 42.1 Å². The summed E-state index contributed by atoms with van der Waals surface area (Å²) >= 11 is 0. The minimum atomic E-state index is -0.0758. The van der Waals surface area contributed by atoms with Gasteiger partial charge in [-0.3, -0.25) is 4.98 Å². The van der Waals surface area contributed by atoms with Crippen LogP contribution in [0.25, 0.3) is 0 Å². The lowest BCUT2D eigenvalue weighted by molar-refractivity contribution is 0.249. The van der Waals surface area contributed by atoms with Gasteiger partial charge >= 0.3 is 0 Å². The van der Waals surface area contributed by atoms with Crippen molar-refractivity contribution in [1.29, 1.82) is 0 Å². The van der Waals surface area contributed by atoms with E-state index >= 15 is 0 Å². The van der Waals surface area contributed by atoms with Crippen molar-refractivity contribution < 1.29 is 0 Å². The Bertz CT molecular complexity index is 309. The predicted octanol–water partition coefficient (Wildman–Crippen LogP) is 2.07. The van der Waals surface area contributed by atoms with Gasteiger partial charge in [-0.2, -0.15) is 0 Å². The van der Waals surface area contributed by atoms with Gasteiger partial charge in [-0.05, 0) is 32.5 Å². The van der Waals surface area contributed by atoms with E-state index in [-0.39, 0.29) is 5.54 Å². The molecule has 1 aromatic rings. The predicted molar refractivity (Wildman–Crippen MR) is 72.9 cm³/mol. The summed E-state index contributed by atoms with van der Waals surface area (Å²) in [6.07, 6.45) is 5.04. The summed E-state index contributed by atoms with van der Waals surface area (Å²) < 4.78 is 0. The van der Waals surface area contributed by atoms with Crippen LogP contribution in [-0.2, 0) is 6.42 Å². The molecular formula is C14H25N3. The Labute approximate surface area is 105 Å². The first kappa shape index (κ1) is 14.1. The molecule has 96 valence electrons. The first-order valence-electron chi connectivity index (χ1n) is 6.41. The summed E-state index contributed by atoms with van der Waals surface area (Å²) in [4.78, 5) is 6.62. The van der Waals surface area contributed by atoms with Gasteiger partial charge in [0.05, 0.1) is 0 Å². The first-order valence-corrected chi connectivity index (χ1v) is 6.41. The minimum absolute atomic E-state index is 0.0758. The van der Waals surface area contributed by atoms with Crippen molar-refractivity contribution in [2.45, 2.75) is 38.6 Å². The van der Waals surface area contributed by atoms with Crippen molar-refractivity contribution in [3.63, 3.8) is 0 Å². The van der Waals surface area contributed by atoms with E-state index in [4.69, 9.17) is 5.73 Å². The standard InChI is InChI=1S/C14H25N3/c1-4-9-14(2,15)12-17(3)11-8-13-7-5-6-10-16-13/h5-7,10H,4,8-9,11-12,15H2,1-3H3. The van der Waals surface area contributed by atoms with Gasteiger partial charge in [0, 0.05) is 36.9 Å². The van der Waals surface area contributed by atoms with Crippen molar-refractivity contribution in [1.82, 2.24) is 9.88 Å². The summed E-state index contributed by atoms with van der Waals surface area (Å²) in [6, 6.07) is 6.05. The molecule has 1 heterocycles. The third-order valence-electron chi connectivity index (χ3n) is 2.93. The lowest BCUT2D eigenvalue weighted by atomic mass is 9.97. The maximum absolute atomic E-state index is 6.24. The minimum Gasteiger partial charge on any atom is -0.324 e. The number of hydrogen-bond acceptors (Lipinski definition) is 3. The van der Waals surface area contributed by atoms with Gasteiger partial charge in [0.1, 0.15) is 0 Å². The molecule has 0 saturated heterocycles. The molecular weight excluding hydrogens is 210 g/mol. The van der Waals surface area contributed by atoms with Gasteiger partial charge < -0.3 is 10.6 Å². The highest BCUT2D eigenvalue weighted by molar-refractivity contribution is 5.03. The number of aromatic nitrogens is 1. The molecule has 1 unspecified atom stereocenters. The third-order valence-corrected chi connectivity index (χ3v) is 2.93. The van der Waals surface area contributed by atoms with E-state index in [9.17, 15) is 0 Å². The summed E-state index contributed by atoms with van der Waals surface area (Å²) in [5.74, 6) is 0. The van der Waals surface area contributed by atoms with E-state index in [1.807, 2.05) is 18.3 Å². The summed E-state index contributed by atoms with van der Waals surface area (Å²) in [6.45, 7) is 6.26. The molecule has 3 heteroatoms. The Hall–Kier alpha value is -0.930. The third kappa shape index (κ3) is 5.80. The van der Waals surface area contributed by atoms with E-state index in [2.05, 4.69) is 36.8 Å². The van der Waals surface area contributed by atoms with Crippen LogP contribution in [0.15, 0.2) is 24.4 Å². The van der Waals surface area contributed by atoms with Crippen molar-refractivity contribution in [3.8, 4) is 0 Å². The summed E-state index contributed by atoms with van der Waals surface area (Å²) in [5, 5.41) is 0. The van der Waals surface area contributed by atoms with E-state index in [1.165, 1.54) is 0 Å². The molecule has 17 heavy (non-hydrogen) atoms. The van der Waals surface area contributed by atoms with Crippen LogP contribution >= 0.6 is 0 Å². The molecule has 0 radical (unpaired) electrons. The zero-order valence-electron chi connectivity index (χ0n) is 11.3. The Balaban J connectivity index is 2.33. The molecule has 1 atom stereocenters. The van der Waals surface area contributed by atoms with Crippen LogP contribution < -0.4 is 5.73 Å². The van der Waals surface area contributed by atoms with Crippen LogP contribution in [-0.4, -0.2) is 35.6 Å².